The van der Waals surface area contributed by atoms with E-state index in [4.69, 9.17) is 4.74 Å². The van der Waals surface area contributed by atoms with E-state index >= 15 is 0 Å². The number of hydrogen-bond acceptors (Lipinski definition) is 3. The molecule has 0 spiro atoms. The molecule has 122 valence electrons. The van der Waals surface area contributed by atoms with Gasteiger partial charge in [-0.15, -0.1) is 0 Å². The molecule has 1 heterocycles. The van der Waals surface area contributed by atoms with Crippen LogP contribution in [0.5, 0.6) is 5.75 Å². The van der Waals surface area contributed by atoms with Crippen LogP contribution < -0.4 is 4.74 Å². The van der Waals surface area contributed by atoms with Gasteiger partial charge in [-0.25, -0.2) is 0 Å². The molecule has 0 radical (unpaired) electrons. The molecule has 1 aliphatic heterocycles. The van der Waals surface area contributed by atoms with Gasteiger partial charge in [-0.3, -0.25) is 9.69 Å². The molecule has 4 nitrogen and oxygen atoms in total. The van der Waals surface area contributed by atoms with Crippen LogP contribution in [0.3, 0.4) is 0 Å². The molecule has 0 fully saturated rings. The number of benzene rings is 1. The number of rotatable bonds is 5. The average Bonchev–Trinajstić information content (AvgIpc) is 2.45. The summed E-state index contributed by atoms with van der Waals surface area (Å²) in [4.78, 5) is 16.8. The van der Waals surface area contributed by atoms with E-state index in [-0.39, 0.29) is 18.0 Å². The Morgan fingerprint density at radius 3 is 2.55 bits per heavy atom. The molecule has 0 saturated heterocycles. The monoisotopic (exact) mass is 304 g/mol. The van der Waals surface area contributed by atoms with Gasteiger partial charge < -0.3 is 9.64 Å². The van der Waals surface area contributed by atoms with Crippen molar-refractivity contribution in [3.05, 3.63) is 29.3 Å². The van der Waals surface area contributed by atoms with Crippen LogP contribution in [0.4, 0.5) is 0 Å². The zero-order valence-electron chi connectivity index (χ0n) is 14.4. The molecule has 0 N–H and O–H groups in total. The maximum Gasteiger partial charge on any atom is 0.237 e. The molecule has 0 aromatic heterocycles. The molecule has 1 aromatic carbocycles. The number of carbonyl (C=O) groups excluding carboxylic acids is 1. The van der Waals surface area contributed by atoms with Crippen LogP contribution in [0.25, 0.3) is 0 Å². The molecular formula is C18H28N2O2. The Hall–Kier alpha value is -1.55. The molecule has 2 rings (SSSR count). The normalized spacial score (nSPS) is 15.0. The van der Waals surface area contributed by atoms with Gasteiger partial charge in [0, 0.05) is 30.7 Å². The minimum atomic E-state index is 0.211. The smallest absolute Gasteiger partial charge is 0.237 e. The highest BCUT2D eigenvalue weighted by atomic mass is 16.5. The van der Waals surface area contributed by atoms with Gasteiger partial charge >= 0.3 is 0 Å². The summed E-state index contributed by atoms with van der Waals surface area (Å²) in [6.45, 7) is 10.5. The van der Waals surface area contributed by atoms with Crippen LogP contribution in [0.15, 0.2) is 18.2 Å². The van der Waals surface area contributed by atoms with Crippen molar-refractivity contribution in [3.8, 4) is 5.75 Å². The first-order chi connectivity index (χ1) is 10.4. The molecule has 4 heteroatoms. The zero-order chi connectivity index (χ0) is 16.3. The molecule has 22 heavy (non-hydrogen) atoms. The van der Waals surface area contributed by atoms with Gasteiger partial charge in [0.25, 0.3) is 0 Å². The van der Waals surface area contributed by atoms with Crippen molar-refractivity contribution in [2.75, 3.05) is 20.2 Å². The Balaban J connectivity index is 2.08. The third kappa shape index (κ3) is 3.61. The lowest BCUT2D eigenvalue weighted by molar-refractivity contribution is -0.136. The highest BCUT2D eigenvalue weighted by Crippen LogP contribution is 2.27. The van der Waals surface area contributed by atoms with Crippen LogP contribution in [0.2, 0.25) is 0 Å². The Bertz CT molecular complexity index is 504. The summed E-state index contributed by atoms with van der Waals surface area (Å²) in [5.74, 6) is 1.14. The van der Waals surface area contributed by atoms with Gasteiger partial charge in [0.05, 0.1) is 13.7 Å². The van der Waals surface area contributed by atoms with Crippen molar-refractivity contribution in [1.82, 2.24) is 9.80 Å². The molecule has 1 aromatic rings. The van der Waals surface area contributed by atoms with Gasteiger partial charge in [0.2, 0.25) is 5.91 Å². The lowest BCUT2D eigenvalue weighted by Gasteiger charge is -2.35. The van der Waals surface area contributed by atoms with E-state index in [9.17, 15) is 4.79 Å². The van der Waals surface area contributed by atoms with E-state index in [2.05, 4.69) is 38.7 Å². The van der Waals surface area contributed by atoms with Gasteiger partial charge in [0.1, 0.15) is 5.75 Å². The first-order valence-electron chi connectivity index (χ1n) is 8.12. The number of nitrogens with zero attached hydrogens (tertiary/aromatic N) is 2. The highest BCUT2D eigenvalue weighted by molar-refractivity contribution is 5.79. The molecule has 1 amide bonds. The average molecular weight is 304 g/mol. The van der Waals surface area contributed by atoms with E-state index < -0.39 is 0 Å². The Kier molecular flexibility index (Phi) is 5.46. The Morgan fingerprint density at radius 2 is 1.95 bits per heavy atom. The molecule has 0 saturated carbocycles. The van der Waals surface area contributed by atoms with E-state index in [1.165, 1.54) is 11.1 Å². The lowest BCUT2D eigenvalue weighted by Crippen LogP contribution is -2.48. The summed E-state index contributed by atoms with van der Waals surface area (Å²) in [5, 5.41) is 0. The summed E-state index contributed by atoms with van der Waals surface area (Å²) >= 11 is 0. The largest absolute Gasteiger partial charge is 0.496 e. The number of hydrogen-bond donors (Lipinski definition) is 0. The van der Waals surface area contributed by atoms with Crippen LogP contribution in [0.1, 0.15) is 38.8 Å². The summed E-state index contributed by atoms with van der Waals surface area (Å²) in [5.41, 5.74) is 2.57. The SMILES string of the molecule is COc1cccc2c1CN(CC(=O)N(C(C)C)C(C)C)CC2. The molecule has 1 aliphatic rings. The van der Waals surface area contributed by atoms with Crippen LogP contribution in [-0.2, 0) is 17.8 Å². The second kappa shape index (κ2) is 7.14. The standard InChI is InChI=1S/C18H28N2O2/c1-13(2)20(14(3)4)18(21)12-19-10-9-15-7-6-8-17(22-5)16(15)11-19/h6-8,13-14H,9-12H2,1-5H3. The van der Waals surface area contributed by atoms with Crippen molar-refractivity contribution >= 4 is 5.91 Å². The molecular weight excluding hydrogens is 276 g/mol. The van der Waals surface area contributed by atoms with Crippen LogP contribution >= 0.6 is 0 Å². The fourth-order valence-corrected chi connectivity index (χ4v) is 3.38. The maximum absolute atomic E-state index is 12.6. The van der Waals surface area contributed by atoms with Crippen LogP contribution in [0, 0.1) is 0 Å². The Labute approximate surface area is 134 Å². The number of amides is 1. The summed E-state index contributed by atoms with van der Waals surface area (Å²) in [7, 11) is 1.71. The maximum atomic E-state index is 12.6. The number of methoxy groups -OCH3 is 1. The molecule has 0 aliphatic carbocycles. The first-order valence-corrected chi connectivity index (χ1v) is 8.12. The Morgan fingerprint density at radius 1 is 1.27 bits per heavy atom. The summed E-state index contributed by atoms with van der Waals surface area (Å²) in [6, 6.07) is 6.67. The zero-order valence-corrected chi connectivity index (χ0v) is 14.4. The van der Waals surface area contributed by atoms with Crippen molar-refractivity contribution in [2.24, 2.45) is 0 Å². The molecule has 0 unspecified atom stereocenters. The van der Waals surface area contributed by atoms with Crippen molar-refractivity contribution in [2.45, 2.75) is 52.7 Å². The molecule has 0 bridgehead atoms. The van der Waals surface area contributed by atoms with E-state index in [0.717, 1.165) is 25.3 Å². The molecule has 0 atom stereocenters. The predicted octanol–water partition coefficient (Wildman–Crippen LogP) is 2.70. The van der Waals surface area contributed by atoms with Gasteiger partial charge in [-0.05, 0) is 45.7 Å². The van der Waals surface area contributed by atoms with Crippen molar-refractivity contribution in [1.29, 1.82) is 0 Å². The van der Waals surface area contributed by atoms with Crippen LogP contribution in [-0.4, -0.2) is 48.0 Å². The van der Waals surface area contributed by atoms with Crippen molar-refractivity contribution in [3.63, 3.8) is 0 Å². The number of ether oxygens (including phenoxy) is 1. The fourth-order valence-electron chi connectivity index (χ4n) is 3.38. The third-order valence-electron chi connectivity index (χ3n) is 4.29. The van der Waals surface area contributed by atoms with E-state index in [0.29, 0.717) is 6.54 Å². The summed E-state index contributed by atoms with van der Waals surface area (Å²) < 4.78 is 5.47. The van der Waals surface area contributed by atoms with Crippen molar-refractivity contribution < 1.29 is 9.53 Å². The van der Waals surface area contributed by atoms with E-state index in [1.807, 2.05) is 17.0 Å². The second-order valence-electron chi connectivity index (χ2n) is 6.55. The van der Waals surface area contributed by atoms with Gasteiger partial charge in [-0.1, -0.05) is 12.1 Å². The van der Waals surface area contributed by atoms with E-state index in [1.54, 1.807) is 7.11 Å². The second-order valence-corrected chi connectivity index (χ2v) is 6.55. The lowest BCUT2D eigenvalue weighted by atomic mass is 9.99. The third-order valence-corrected chi connectivity index (χ3v) is 4.29. The minimum absolute atomic E-state index is 0.211. The minimum Gasteiger partial charge on any atom is -0.496 e. The number of fused-ring (bicyclic) bond motifs is 1. The fraction of sp³-hybridized carbons (Fsp3) is 0.611. The van der Waals surface area contributed by atoms with Gasteiger partial charge in [-0.2, -0.15) is 0 Å². The summed E-state index contributed by atoms with van der Waals surface area (Å²) in [6.07, 6.45) is 0.975. The quantitative estimate of drug-likeness (QED) is 0.838. The topological polar surface area (TPSA) is 32.8 Å². The highest BCUT2D eigenvalue weighted by Gasteiger charge is 2.25. The number of carbonyl (C=O) groups is 1. The van der Waals surface area contributed by atoms with Gasteiger partial charge in [0.15, 0.2) is 0 Å². The first kappa shape index (κ1) is 16.8. The predicted molar refractivity (Wildman–Crippen MR) is 89.1 cm³/mol.